The van der Waals surface area contributed by atoms with Crippen LogP contribution in [0.1, 0.15) is 12.0 Å². The molecule has 7 heteroatoms. The molecule has 1 N–H and O–H groups in total. The summed E-state index contributed by atoms with van der Waals surface area (Å²) in [6.07, 6.45) is 1.53. The van der Waals surface area contributed by atoms with Gasteiger partial charge in [-0.05, 0) is 23.8 Å². The zero-order chi connectivity index (χ0) is 16.1. The smallest absolute Gasteiger partial charge is 0.329 e. The number of esters is 1. The Morgan fingerprint density at radius 1 is 1.23 bits per heavy atom. The molecule has 0 bridgehead atoms. The number of rotatable bonds is 5. The summed E-state index contributed by atoms with van der Waals surface area (Å²) in [4.78, 5) is 36.0. The van der Waals surface area contributed by atoms with Gasteiger partial charge in [0.05, 0.1) is 20.6 Å². The minimum atomic E-state index is -0.548. The first-order valence-corrected chi connectivity index (χ1v) is 6.60. The molecule has 1 fully saturated rings. The highest BCUT2D eigenvalue weighted by molar-refractivity contribution is 6.14. The molecule has 1 aromatic carbocycles. The number of ether oxygens (including phenoxy) is 2. The molecule has 0 unspecified atom stereocenters. The van der Waals surface area contributed by atoms with Gasteiger partial charge in [-0.1, -0.05) is 12.1 Å². The molecule has 2 rings (SSSR count). The minimum Gasteiger partial charge on any atom is -0.497 e. The van der Waals surface area contributed by atoms with E-state index in [4.69, 9.17) is 4.74 Å². The van der Waals surface area contributed by atoms with Crippen molar-refractivity contribution in [3.63, 3.8) is 0 Å². The van der Waals surface area contributed by atoms with Crippen molar-refractivity contribution in [1.82, 2.24) is 10.2 Å². The van der Waals surface area contributed by atoms with Crippen LogP contribution in [0.15, 0.2) is 30.0 Å². The van der Waals surface area contributed by atoms with Gasteiger partial charge >= 0.3 is 12.0 Å². The highest BCUT2D eigenvalue weighted by Gasteiger charge is 2.33. The van der Waals surface area contributed by atoms with Gasteiger partial charge in [-0.2, -0.15) is 0 Å². The molecule has 1 aliphatic rings. The number of hydrogen-bond donors (Lipinski definition) is 1. The fourth-order valence-electron chi connectivity index (χ4n) is 1.95. The Hall–Kier alpha value is -2.83. The number of carbonyl (C=O) groups excluding carboxylic acids is 3. The lowest BCUT2D eigenvalue weighted by Crippen LogP contribution is -2.33. The van der Waals surface area contributed by atoms with Crippen molar-refractivity contribution in [3.05, 3.63) is 35.5 Å². The number of carbonyl (C=O) groups is 3. The Bertz CT molecular complexity index is 621. The van der Waals surface area contributed by atoms with Crippen molar-refractivity contribution in [1.29, 1.82) is 0 Å². The van der Waals surface area contributed by atoms with Crippen LogP contribution in [0.3, 0.4) is 0 Å². The third-order valence-electron chi connectivity index (χ3n) is 3.16. The molecule has 22 heavy (non-hydrogen) atoms. The number of nitrogens with one attached hydrogen (secondary N) is 1. The lowest BCUT2D eigenvalue weighted by Gasteiger charge is -2.10. The molecule has 1 aliphatic heterocycles. The summed E-state index contributed by atoms with van der Waals surface area (Å²) in [5, 5.41) is 2.49. The van der Waals surface area contributed by atoms with Gasteiger partial charge in [0.25, 0.3) is 5.91 Å². The van der Waals surface area contributed by atoms with E-state index in [2.05, 4.69) is 10.1 Å². The Morgan fingerprint density at radius 3 is 2.50 bits per heavy atom. The zero-order valence-electron chi connectivity index (χ0n) is 12.3. The first-order chi connectivity index (χ1) is 10.5. The van der Waals surface area contributed by atoms with E-state index in [1.165, 1.54) is 7.11 Å². The van der Waals surface area contributed by atoms with Gasteiger partial charge in [-0.15, -0.1) is 0 Å². The molecule has 1 aromatic rings. The SMILES string of the molecule is COC(=O)CCN1C(=O)NC(=Cc2ccc(OC)cc2)C1=O. The quantitative estimate of drug-likeness (QED) is 0.501. The van der Waals surface area contributed by atoms with Gasteiger partial charge in [-0.3, -0.25) is 14.5 Å². The highest BCUT2D eigenvalue weighted by Crippen LogP contribution is 2.17. The fraction of sp³-hybridized carbons (Fsp3) is 0.267. The zero-order valence-corrected chi connectivity index (χ0v) is 12.3. The van der Waals surface area contributed by atoms with E-state index < -0.39 is 17.9 Å². The Labute approximate surface area is 127 Å². The summed E-state index contributed by atoms with van der Waals surface area (Å²) in [5.41, 5.74) is 0.916. The van der Waals surface area contributed by atoms with E-state index in [0.29, 0.717) is 5.75 Å². The standard InChI is InChI=1S/C15H16N2O5/c1-21-11-5-3-10(4-6-11)9-12-14(19)17(15(20)16-12)8-7-13(18)22-2/h3-6,9H,7-8H2,1-2H3,(H,16,20). The molecule has 1 heterocycles. The second-order valence-corrected chi connectivity index (χ2v) is 4.54. The number of benzene rings is 1. The first-order valence-electron chi connectivity index (χ1n) is 6.60. The molecule has 1 saturated heterocycles. The van der Waals surface area contributed by atoms with Crippen LogP contribution in [0, 0.1) is 0 Å². The maximum atomic E-state index is 12.1. The van der Waals surface area contributed by atoms with Gasteiger partial charge in [0.1, 0.15) is 11.4 Å². The lowest BCUT2D eigenvalue weighted by molar-refractivity contribution is -0.141. The minimum absolute atomic E-state index is 0.0166. The molecule has 0 radical (unpaired) electrons. The number of amides is 3. The average molecular weight is 304 g/mol. The second-order valence-electron chi connectivity index (χ2n) is 4.54. The van der Waals surface area contributed by atoms with Crippen LogP contribution in [0.4, 0.5) is 4.79 Å². The summed E-state index contributed by atoms with van der Waals surface area (Å²) in [6, 6.07) is 6.49. The van der Waals surface area contributed by atoms with Gasteiger partial charge in [0.15, 0.2) is 0 Å². The largest absolute Gasteiger partial charge is 0.497 e. The molecule has 0 atom stereocenters. The Kier molecular flexibility index (Phi) is 4.77. The van der Waals surface area contributed by atoms with Crippen LogP contribution in [-0.2, 0) is 14.3 Å². The molecular weight excluding hydrogens is 288 g/mol. The second kappa shape index (κ2) is 6.75. The molecule has 0 saturated carbocycles. The summed E-state index contributed by atoms with van der Waals surface area (Å²) < 4.78 is 9.54. The van der Waals surface area contributed by atoms with E-state index in [0.717, 1.165) is 10.5 Å². The van der Waals surface area contributed by atoms with Crippen molar-refractivity contribution in [2.45, 2.75) is 6.42 Å². The number of hydrogen-bond acceptors (Lipinski definition) is 5. The van der Waals surface area contributed by atoms with Crippen molar-refractivity contribution >= 4 is 24.0 Å². The van der Waals surface area contributed by atoms with Crippen LogP contribution in [0.25, 0.3) is 6.08 Å². The van der Waals surface area contributed by atoms with E-state index in [1.54, 1.807) is 37.5 Å². The number of urea groups is 1. The number of imide groups is 1. The van der Waals surface area contributed by atoms with Gasteiger partial charge < -0.3 is 14.8 Å². The van der Waals surface area contributed by atoms with Crippen molar-refractivity contribution in [2.24, 2.45) is 0 Å². The van der Waals surface area contributed by atoms with Crippen LogP contribution in [0.5, 0.6) is 5.75 Å². The van der Waals surface area contributed by atoms with Gasteiger partial charge in [0.2, 0.25) is 0 Å². The molecule has 0 aliphatic carbocycles. The monoisotopic (exact) mass is 304 g/mol. The predicted molar refractivity (Wildman–Crippen MR) is 77.8 cm³/mol. The first kappa shape index (κ1) is 15.6. The van der Waals surface area contributed by atoms with E-state index >= 15 is 0 Å². The predicted octanol–water partition coefficient (Wildman–Crippen LogP) is 1.15. The average Bonchev–Trinajstić information content (AvgIpc) is 2.79. The summed E-state index contributed by atoms with van der Waals surface area (Å²) in [7, 11) is 2.82. The maximum Gasteiger partial charge on any atom is 0.329 e. The maximum absolute atomic E-state index is 12.1. The van der Waals surface area contributed by atoms with Gasteiger partial charge in [0, 0.05) is 6.54 Å². The third kappa shape index (κ3) is 3.43. The normalized spacial score (nSPS) is 15.9. The fourth-order valence-corrected chi connectivity index (χ4v) is 1.95. The molecular formula is C15H16N2O5. The van der Waals surface area contributed by atoms with Crippen LogP contribution in [-0.4, -0.2) is 43.6 Å². The summed E-state index contributed by atoms with van der Waals surface area (Å²) >= 11 is 0. The topological polar surface area (TPSA) is 84.9 Å². The number of nitrogens with zero attached hydrogens (tertiary/aromatic N) is 1. The summed E-state index contributed by atoms with van der Waals surface area (Å²) in [5.74, 6) is -0.249. The highest BCUT2D eigenvalue weighted by atomic mass is 16.5. The van der Waals surface area contributed by atoms with E-state index in [9.17, 15) is 14.4 Å². The molecule has 7 nitrogen and oxygen atoms in total. The van der Waals surface area contributed by atoms with Crippen molar-refractivity contribution in [3.8, 4) is 5.75 Å². The van der Waals surface area contributed by atoms with Crippen LogP contribution >= 0.6 is 0 Å². The van der Waals surface area contributed by atoms with Crippen molar-refractivity contribution < 1.29 is 23.9 Å². The Balaban J connectivity index is 2.09. The summed E-state index contributed by atoms with van der Waals surface area (Å²) in [6.45, 7) is -0.0166. The van der Waals surface area contributed by atoms with E-state index in [-0.39, 0.29) is 18.7 Å². The van der Waals surface area contributed by atoms with Gasteiger partial charge in [-0.25, -0.2) is 4.79 Å². The molecule has 0 aromatic heterocycles. The van der Waals surface area contributed by atoms with E-state index in [1.807, 2.05) is 0 Å². The molecule has 0 spiro atoms. The van der Waals surface area contributed by atoms with Crippen LogP contribution in [0.2, 0.25) is 0 Å². The Morgan fingerprint density at radius 2 is 1.91 bits per heavy atom. The molecule has 116 valence electrons. The third-order valence-corrected chi connectivity index (χ3v) is 3.16. The van der Waals surface area contributed by atoms with Crippen molar-refractivity contribution in [2.75, 3.05) is 20.8 Å². The molecule has 3 amide bonds. The number of methoxy groups -OCH3 is 2. The van der Waals surface area contributed by atoms with Crippen LogP contribution < -0.4 is 10.1 Å². The lowest BCUT2D eigenvalue weighted by atomic mass is 10.2.